The number of fused-ring (bicyclic) bond motifs is 2. The molecule has 5 rings (SSSR count). The zero-order valence-electron chi connectivity index (χ0n) is 18.4. The number of halogens is 1. The molecule has 7 nitrogen and oxygen atoms in total. The Morgan fingerprint density at radius 1 is 1.12 bits per heavy atom. The van der Waals surface area contributed by atoms with Gasteiger partial charge in [0.2, 0.25) is 11.8 Å². The van der Waals surface area contributed by atoms with Crippen molar-refractivity contribution >= 4 is 45.9 Å². The van der Waals surface area contributed by atoms with Gasteiger partial charge in [-0.1, -0.05) is 35.9 Å². The number of hydrogen-bond donors (Lipinski definition) is 1. The number of aromatic nitrogens is 1. The summed E-state index contributed by atoms with van der Waals surface area (Å²) in [4.78, 5) is 41.9. The first kappa shape index (κ1) is 21.5. The Morgan fingerprint density at radius 3 is 2.64 bits per heavy atom. The summed E-state index contributed by atoms with van der Waals surface area (Å²) in [6.07, 6.45) is 3.65. The summed E-state index contributed by atoms with van der Waals surface area (Å²) in [5.41, 5.74) is 3.39. The lowest BCUT2D eigenvalue weighted by Gasteiger charge is -2.37. The van der Waals surface area contributed by atoms with Crippen LogP contribution in [0.15, 0.2) is 48.7 Å². The first-order valence-electron chi connectivity index (χ1n) is 11.1. The highest BCUT2D eigenvalue weighted by Crippen LogP contribution is 2.34. The molecule has 0 aliphatic carbocycles. The number of rotatable bonds is 4. The lowest BCUT2D eigenvalue weighted by Crippen LogP contribution is -2.48. The largest absolute Gasteiger partial charge is 0.358 e. The molecule has 33 heavy (non-hydrogen) atoms. The second-order valence-corrected chi connectivity index (χ2v) is 9.03. The minimum absolute atomic E-state index is 0.0652. The van der Waals surface area contributed by atoms with E-state index in [1.807, 2.05) is 40.1 Å². The van der Waals surface area contributed by atoms with Gasteiger partial charge in [0.1, 0.15) is 6.54 Å². The zero-order valence-corrected chi connectivity index (χ0v) is 19.1. The summed E-state index contributed by atoms with van der Waals surface area (Å²) in [5, 5.41) is 3.94. The van der Waals surface area contributed by atoms with Crippen molar-refractivity contribution in [3.8, 4) is 0 Å². The van der Waals surface area contributed by atoms with Crippen LogP contribution in [0.3, 0.4) is 0 Å². The molecule has 0 atom stereocenters. The fourth-order valence-electron chi connectivity index (χ4n) is 4.98. The minimum atomic E-state index is -0.151. The molecule has 2 aliphatic heterocycles. The number of piperidine rings is 1. The van der Waals surface area contributed by atoms with E-state index in [1.165, 1.54) is 0 Å². The summed E-state index contributed by atoms with van der Waals surface area (Å²) in [5.74, 6) is -0.0815. The standard InChI is InChI=1S/C25H25ClN4O3/c1-27-23(31)15-29-14-20(19-7-6-17(26)13-22(19)29)25(33)28-10-8-18(9-11-28)30-21-5-3-2-4-16(21)12-24(30)32/h2-7,13-14,18H,8-12,15H2,1H3,(H,27,31). The van der Waals surface area contributed by atoms with Crippen molar-refractivity contribution in [2.75, 3.05) is 25.0 Å². The van der Waals surface area contributed by atoms with E-state index < -0.39 is 0 Å². The van der Waals surface area contributed by atoms with Gasteiger partial charge in [-0.15, -0.1) is 0 Å². The number of hydrogen-bond acceptors (Lipinski definition) is 3. The third kappa shape index (κ3) is 3.86. The van der Waals surface area contributed by atoms with Gasteiger partial charge in [0.15, 0.2) is 0 Å². The SMILES string of the molecule is CNC(=O)Cn1cc(C(=O)N2CCC(N3C(=O)Cc4ccccc43)CC2)c2ccc(Cl)cc21. The number of carbonyl (C=O) groups is 3. The number of carbonyl (C=O) groups excluding carboxylic acids is 3. The molecule has 1 N–H and O–H groups in total. The molecule has 3 aromatic rings. The van der Waals surface area contributed by atoms with Crippen molar-refractivity contribution in [2.24, 2.45) is 0 Å². The van der Waals surface area contributed by atoms with Crippen molar-refractivity contribution in [1.29, 1.82) is 0 Å². The van der Waals surface area contributed by atoms with Crippen LogP contribution >= 0.6 is 11.6 Å². The Labute approximate surface area is 196 Å². The van der Waals surface area contributed by atoms with Gasteiger partial charge in [-0.3, -0.25) is 14.4 Å². The number of amides is 3. The highest BCUT2D eigenvalue weighted by Gasteiger charge is 2.36. The molecule has 0 radical (unpaired) electrons. The average molecular weight is 465 g/mol. The fraction of sp³-hybridized carbons (Fsp3) is 0.320. The molecule has 170 valence electrons. The van der Waals surface area contributed by atoms with Crippen molar-refractivity contribution in [1.82, 2.24) is 14.8 Å². The third-order valence-electron chi connectivity index (χ3n) is 6.65. The maximum Gasteiger partial charge on any atom is 0.256 e. The van der Waals surface area contributed by atoms with Crippen LogP contribution in [0.5, 0.6) is 0 Å². The summed E-state index contributed by atoms with van der Waals surface area (Å²) in [6.45, 7) is 1.26. The molecule has 8 heteroatoms. The van der Waals surface area contributed by atoms with Crippen LogP contribution in [0.2, 0.25) is 5.02 Å². The molecule has 1 aromatic heterocycles. The number of benzene rings is 2. The lowest BCUT2D eigenvalue weighted by atomic mass is 10.0. The molecular weight excluding hydrogens is 440 g/mol. The number of nitrogens with one attached hydrogen (secondary N) is 1. The highest BCUT2D eigenvalue weighted by atomic mass is 35.5. The molecule has 1 fully saturated rings. The van der Waals surface area contributed by atoms with Crippen molar-refractivity contribution < 1.29 is 14.4 Å². The Bertz CT molecular complexity index is 1260. The van der Waals surface area contributed by atoms with Gasteiger partial charge in [-0.2, -0.15) is 0 Å². The quantitative estimate of drug-likeness (QED) is 0.644. The van der Waals surface area contributed by atoms with Gasteiger partial charge in [-0.25, -0.2) is 0 Å². The van der Waals surface area contributed by atoms with Crippen LogP contribution in [0.4, 0.5) is 5.69 Å². The van der Waals surface area contributed by atoms with Gasteiger partial charge in [0, 0.05) is 48.5 Å². The topological polar surface area (TPSA) is 74.7 Å². The Hall–Kier alpha value is -3.32. The molecular formula is C25H25ClN4O3. The van der Waals surface area contributed by atoms with Gasteiger partial charge < -0.3 is 19.7 Å². The number of nitrogens with zero attached hydrogens (tertiary/aromatic N) is 3. The Balaban J connectivity index is 1.35. The summed E-state index contributed by atoms with van der Waals surface area (Å²) in [7, 11) is 1.58. The third-order valence-corrected chi connectivity index (χ3v) is 6.88. The first-order chi connectivity index (χ1) is 16.0. The van der Waals surface area contributed by atoms with Crippen molar-refractivity contribution in [3.05, 3.63) is 64.8 Å². The van der Waals surface area contributed by atoms with Crippen LogP contribution in [0.1, 0.15) is 28.8 Å². The van der Waals surface area contributed by atoms with E-state index in [2.05, 4.69) is 5.32 Å². The molecule has 0 unspecified atom stereocenters. The number of para-hydroxylation sites is 1. The van der Waals surface area contributed by atoms with E-state index >= 15 is 0 Å². The maximum absolute atomic E-state index is 13.5. The van der Waals surface area contributed by atoms with E-state index in [1.54, 1.807) is 29.9 Å². The van der Waals surface area contributed by atoms with E-state index in [9.17, 15) is 14.4 Å². The van der Waals surface area contributed by atoms with Crippen molar-refractivity contribution in [3.63, 3.8) is 0 Å². The van der Waals surface area contributed by atoms with Crippen LogP contribution in [0, 0.1) is 0 Å². The van der Waals surface area contributed by atoms with Crippen molar-refractivity contribution in [2.45, 2.75) is 31.8 Å². The van der Waals surface area contributed by atoms with Crippen LogP contribution in [0.25, 0.3) is 10.9 Å². The van der Waals surface area contributed by atoms with Crippen LogP contribution < -0.4 is 10.2 Å². The average Bonchev–Trinajstić information content (AvgIpc) is 3.35. The number of likely N-dealkylation sites (tertiary alicyclic amines) is 1. The Kier molecular flexibility index (Phi) is 5.58. The molecule has 3 amide bonds. The normalized spacial score (nSPS) is 16.4. The summed E-state index contributed by atoms with van der Waals surface area (Å²) >= 11 is 6.18. The predicted octanol–water partition coefficient (Wildman–Crippen LogP) is 3.23. The van der Waals surface area contributed by atoms with E-state index in [-0.39, 0.29) is 30.3 Å². The molecule has 0 spiro atoms. The van der Waals surface area contributed by atoms with E-state index in [0.29, 0.717) is 30.1 Å². The second-order valence-electron chi connectivity index (χ2n) is 8.60. The van der Waals surface area contributed by atoms with E-state index in [0.717, 1.165) is 35.0 Å². The van der Waals surface area contributed by atoms with Gasteiger partial charge in [0.25, 0.3) is 5.91 Å². The van der Waals surface area contributed by atoms with Gasteiger partial charge in [0.05, 0.1) is 17.5 Å². The van der Waals surface area contributed by atoms with Gasteiger partial charge in [-0.05, 0) is 36.6 Å². The fourth-order valence-corrected chi connectivity index (χ4v) is 5.14. The minimum Gasteiger partial charge on any atom is -0.358 e. The second kappa shape index (κ2) is 8.56. The molecule has 1 saturated heterocycles. The first-order valence-corrected chi connectivity index (χ1v) is 11.5. The smallest absolute Gasteiger partial charge is 0.256 e. The monoisotopic (exact) mass is 464 g/mol. The van der Waals surface area contributed by atoms with Crippen LogP contribution in [-0.4, -0.2) is 53.4 Å². The highest BCUT2D eigenvalue weighted by molar-refractivity contribution is 6.31. The molecule has 0 bridgehead atoms. The number of likely N-dealkylation sites (N-methyl/N-ethyl adjacent to an activating group) is 1. The number of anilines is 1. The lowest BCUT2D eigenvalue weighted by molar-refractivity contribution is -0.121. The molecule has 3 heterocycles. The summed E-state index contributed by atoms with van der Waals surface area (Å²) < 4.78 is 1.76. The summed E-state index contributed by atoms with van der Waals surface area (Å²) in [6, 6.07) is 13.4. The zero-order chi connectivity index (χ0) is 23.1. The maximum atomic E-state index is 13.5. The van der Waals surface area contributed by atoms with E-state index in [4.69, 9.17) is 11.6 Å². The molecule has 2 aliphatic rings. The van der Waals surface area contributed by atoms with Crippen LogP contribution in [-0.2, 0) is 22.6 Å². The molecule has 0 saturated carbocycles. The Morgan fingerprint density at radius 2 is 1.88 bits per heavy atom. The molecule has 2 aromatic carbocycles. The van der Waals surface area contributed by atoms with Gasteiger partial charge >= 0.3 is 0 Å². The predicted molar refractivity (Wildman–Crippen MR) is 128 cm³/mol.